The average molecular weight is 198 g/mol. The number of nitrogens with one attached hydrogen (secondary N) is 1. The summed E-state index contributed by atoms with van der Waals surface area (Å²) in [6.07, 6.45) is 4.01. The minimum Gasteiger partial charge on any atom is -0.481 e. The number of aliphatic carboxylic acids is 1. The van der Waals surface area contributed by atoms with Crippen LogP contribution in [0.3, 0.4) is 0 Å². The fraction of sp³-hybridized carbons (Fsp3) is 0.900. The predicted molar refractivity (Wildman–Crippen MR) is 53.3 cm³/mol. The average Bonchev–Trinajstić information content (AvgIpc) is 2.67. The van der Waals surface area contributed by atoms with E-state index < -0.39 is 5.97 Å². The maximum absolute atomic E-state index is 10.4. The molecule has 0 aromatic rings. The van der Waals surface area contributed by atoms with Crippen molar-refractivity contribution in [3.63, 3.8) is 0 Å². The second-order valence-corrected chi connectivity index (χ2v) is 4.24. The first-order chi connectivity index (χ1) is 6.77. The van der Waals surface area contributed by atoms with Crippen LogP contribution in [0.1, 0.15) is 25.7 Å². The van der Waals surface area contributed by atoms with Crippen LogP contribution in [0, 0.1) is 0 Å². The highest BCUT2D eigenvalue weighted by atomic mass is 16.4. The topological polar surface area (TPSA) is 52.6 Å². The number of fused-ring (bicyclic) bond motifs is 1. The van der Waals surface area contributed by atoms with Crippen LogP contribution in [0.2, 0.25) is 0 Å². The third kappa shape index (κ3) is 2.07. The van der Waals surface area contributed by atoms with Crippen molar-refractivity contribution >= 4 is 5.97 Å². The molecule has 2 rings (SSSR count). The Kier molecular flexibility index (Phi) is 3.03. The SMILES string of the molecule is O=C(O)CCNC1CCN2CCCC12. The summed E-state index contributed by atoms with van der Waals surface area (Å²) in [5.41, 5.74) is 0. The zero-order valence-corrected chi connectivity index (χ0v) is 8.41. The molecule has 0 aromatic heterocycles. The summed E-state index contributed by atoms with van der Waals surface area (Å²) in [6.45, 7) is 3.04. The first kappa shape index (κ1) is 9.93. The van der Waals surface area contributed by atoms with Crippen molar-refractivity contribution in [2.24, 2.45) is 0 Å². The lowest BCUT2D eigenvalue weighted by Crippen LogP contribution is -2.39. The van der Waals surface area contributed by atoms with Gasteiger partial charge in [-0.25, -0.2) is 0 Å². The Hall–Kier alpha value is -0.610. The van der Waals surface area contributed by atoms with Crippen molar-refractivity contribution in [2.75, 3.05) is 19.6 Å². The minimum atomic E-state index is -0.709. The molecule has 0 amide bonds. The van der Waals surface area contributed by atoms with Crippen molar-refractivity contribution in [3.05, 3.63) is 0 Å². The summed E-state index contributed by atoms with van der Waals surface area (Å²) < 4.78 is 0. The van der Waals surface area contributed by atoms with Gasteiger partial charge >= 0.3 is 5.97 Å². The summed E-state index contributed by atoms with van der Waals surface area (Å²) in [7, 11) is 0. The molecule has 4 heteroatoms. The Labute approximate surface area is 84.3 Å². The van der Waals surface area contributed by atoms with Gasteiger partial charge < -0.3 is 10.4 Å². The van der Waals surface area contributed by atoms with Crippen LogP contribution < -0.4 is 5.32 Å². The third-order valence-electron chi connectivity index (χ3n) is 3.35. The van der Waals surface area contributed by atoms with Crippen molar-refractivity contribution in [1.82, 2.24) is 10.2 Å². The van der Waals surface area contributed by atoms with Gasteiger partial charge in [-0.1, -0.05) is 0 Å². The predicted octanol–water partition coefficient (Wildman–Crippen LogP) is 0.287. The molecule has 2 N–H and O–H groups in total. The van der Waals surface area contributed by atoms with Crippen LogP contribution in [0.15, 0.2) is 0 Å². The smallest absolute Gasteiger partial charge is 0.304 e. The number of rotatable bonds is 4. The number of carbonyl (C=O) groups is 1. The van der Waals surface area contributed by atoms with E-state index in [0.717, 1.165) is 0 Å². The highest BCUT2D eigenvalue weighted by Gasteiger charge is 2.36. The lowest BCUT2D eigenvalue weighted by molar-refractivity contribution is -0.136. The van der Waals surface area contributed by atoms with Crippen molar-refractivity contribution in [1.29, 1.82) is 0 Å². The van der Waals surface area contributed by atoms with E-state index in [4.69, 9.17) is 5.11 Å². The Morgan fingerprint density at radius 3 is 3.07 bits per heavy atom. The van der Waals surface area contributed by atoms with E-state index in [1.165, 1.54) is 32.4 Å². The first-order valence-electron chi connectivity index (χ1n) is 5.46. The number of hydrogen-bond donors (Lipinski definition) is 2. The second kappa shape index (κ2) is 4.28. The molecule has 2 atom stereocenters. The highest BCUT2D eigenvalue weighted by molar-refractivity contribution is 5.66. The third-order valence-corrected chi connectivity index (χ3v) is 3.35. The van der Waals surface area contributed by atoms with E-state index >= 15 is 0 Å². The van der Waals surface area contributed by atoms with Gasteiger partial charge in [0, 0.05) is 25.2 Å². The van der Waals surface area contributed by atoms with Crippen LogP contribution in [0.5, 0.6) is 0 Å². The van der Waals surface area contributed by atoms with E-state index in [1.54, 1.807) is 0 Å². The first-order valence-corrected chi connectivity index (χ1v) is 5.46. The van der Waals surface area contributed by atoms with E-state index in [2.05, 4.69) is 10.2 Å². The number of nitrogens with zero attached hydrogens (tertiary/aromatic N) is 1. The number of hydrogen-bond acceptors (Lipinski definition) is 3. The zero-order chi connectivity index (χ0) is 9.97. The molecule has 2 saturated heterocycles. The fourth-order valence-corrected chi connectivity index (χ4v) is 2.69. The van der Waals surface area contributed by atoms with Gasteiger partial charge in [0.1, 0.15) is 0 Å². The largest absolute Gasteiger partial charge is 0.481 e. The molecule has 0 saturated carbocycles. The van der Waals surface area contributed by atoms with E-state index in [9.17, 15) is 4.79 Å². The summed E-state index contributed by atoms with van der Waals surface area (Å²) in [4.78, 5) is 12.9. The molecule has 2 aliphatic heterocycles. The normalized spacial score (nSPS) is 32.0. The molecule has 14 heavy (non-hydrogen) atoms. The Morgan fingerprint density at radius 2 is 2.29 bits per heavy atom. The van der Waals surface area contributed by atoms with Crippen LogP contribution in [-0.4, -0.2) is 47.7 Å². The molecule has 2 aliphatic rings. The van der Waals surface area contributed by atoms with Gasteiger partial charge in [-0.2, -0.15) is 0 Å². The maximum atomic E-state index is 10.4. The van der Waals surface area contributed by atoms with Gasteiger partial charge in [0.15, 0.2) is 0 Å². The van der Waals surface area contributed by atoms with Gasteiger partial charge in [-0.15, -0.1) is 0 Å². The number of carboxylic acids is 1. The highest BCUT2D eigenvalue weighted by Crippen LogP contribution is 2.27. The van der Waals surface area contributed by atoms with Gasteiger partial charge in [-0.05, 0) is 25.8 Å². The quantitative estimate of drug-likeness (QED) is 0.681. The molecule has 2 fully saturated rings. The molecule has 2 heterocycles. The molecule has 80 valence electrons. The standard InChI is InChI=1S/C10H18N2O2/c13-10(14)3-5-11-8-4-7-12-6-1-2-9(8)12/h8-9,11H,1-7H2,(H,13,14). The lowest BCUT2D eigenvalue weighted by atomic mass is 10.1. The molecule has 2 unspecified atom stereocenters. The monoisotopic (exact) mass is 198 g/mol. The molecule has 0 radical (unpaired) electrons. The molecule has 0 aliphatic carbocycles. The summed E-state index contributed by atoms with van der Waals surface area (Å²) in [6, 6.07) is 1.22. The summed E-state index contributed by atoms with van der Waals surface area (Å²) in [5.74, 6) is -0.709. The van der Waals surface area contributed by atoms with Crippen LogP contribution in [0.4, 0.5) is 0 Å². The van der Waals surface area contributed by atoms with Gasteiger partial charge in [0.05, 0.1) is 6.42 Å². The van der Waals surface area contributed by atoms with Crippen molar-refractivity contribution in [3.8, 4) is 0 Å². The molecule has 0 bridgehead atoms. The Bertz CT molecular complexity index is 220. The van der Waals surface area contributed by atoms with Crippen LogP contribution in [0.25, 0.3) is 0 Å². The van der Waals surface area contributed by atoms with Crippen molar-refractivity contribution < 1.29 is 9.90 Å². The number of carboxylic acid groups (broad SMARTS) is 1. The Morgan fingerprint density at radius 1 is 1.43 bits per heavy atom. The minimum absolute atomic E-state index is 0.239. The second-order valence-electron chi connectivity index (χ2n) is 4.24. The molecule has 4 nitrogen and oxygen atoms in total. The molecule has 0 spiro atoms. The summed E-state index contributed by atoms with van der Waals surface area (Å²) >= 11 is 0. The van der Waals surface area contributed by atoms with E-state index in [1.807, 2.05) is 0 Å². The van der Waals surface area contributed by atoms with Crippen LogP contribution >= 0.6 is 0 Å². The van der Waals surface area contributed by atoms with E-state index in [-0.39, 0.29) is 6.42 Å². The molecular weight excluding hydrogens is 180 g/mol. The fourth-order valence-electron chi connectivity index (χ4n) is 2.69. The maximum Gasteiger partial charge on any atom is 0.304 e. The molecule has 0 aromatic carbocycles. The zero-order valence-electron chi connectivity index (χ0n) is 8.41. The summed E-state index contributed by atoms with van der Waals surface area (Å²) in [5, 5.41) is 11.9. The van der Waals surface area contributed by atoms with Gasteiger partial charge in [0.2, 0.25) is 0 Å². The van der Waals surface area contributed by atoms with Gasteiger partial charge in [-0.3, -0.25) is 9.69 Å². The van der Waals surface area contributed by atoms with Gasteiger partial charge in [0.25, 0.3) is 0 Å². The van der Waals surface area contributed by atoms with Crippen LogP contribution in [-0.2, 0) is 4.79 Å². The molecular formula is C10H18N2O2. The Balaban J connectivity index is 1.73. The van der Waals surface area contributed by atoms with E-state index in [0.29, 0.717) is 18.6 Å². The lowest BCUT2D eigenvalue weighted by Gasteiger charge is -2.20. The van der Waals surface area contributed by atoms with Crippen molar-refractivity contribution in [2.45, 2.75) is 37.8 Å².